The molecule has 0 amide bonds. The van der Waals surface area contributed by atoms with E-state index in [4.69, 9.17) is 23.2 Å². The molecule has 2 nitrogen and oxygen atoms in total. The lowest BCUT2D eigenvalue weighted by molar-refractivity contribution is 0.469. The van der Waals surface area contributed by atoms with Crippen molar-refractivity contribution in [1.82, 2.24) is 0 Å². The average molecular weight is 282 g/mol. The molecule has 94 valence electrons. The normalized spacial score (nSPS) is 10.4. The maximum Gasteiger partial charge on any atom is 0.120 e. The maximum absolute atomic E-state index is 9.69. The molecule has 0 radical (unpaired) electrons. The van der Waals surface area contributed by atoms with Crippen molar-refractivity contribution in [2.75, 3.05) is 5.32 Å². The average Bonchev–Trinajstić information content (AvgIpc) is 2.34. The Balaban J connectivity index is 2.11. The van der Waals surface area contributed by atoms with Crippen LogP contribution in [0, 0.1) is 6.92 Å². The van der Waals surface area contributed by atoms with Gasteiger partial charge in [-0.1, -0.05) is 29.3 Å². The molecule has 0 heterocycles. The quantitative estimate of drug-likeness (QED) is 0.861. The highest BCUT2D eigenvalue weighted by atomic mass is 35.5. The summed E-state index contributed by atoms with van der Waals surface area (Å²) in [6, 6.07) is 10.7. The van der Waals surface area contributed by atoms with E-state index in [2.05, 4.69) is 5.32 Å². The molecule has 2 aromatic carbocycles. The first-order chi connectivity index (χ1) is 8.56. The van der Waals surface area contributed by atoms with Crippen LogP contribution in [0.3, 0.4) is 0 Å². The highest BCUT2D eigenvalue weighted by Gasteiger charge is 2.03. The number of benzene rings is 2. The molecule has 2 aromatic rings. The minimum Gasteiger partial charge on any atom is -0.508 e. The molecule has 2 N–H and O–H groups in total. The monoisotopic (exact) mass is 281 g/mol. The number of halogens is 2. The summed E-state index contributed by atoms with van der Waals surface area (Å²) in [6.45, 7) is 2.45. The first kappa shape index (κ1) is 13.1. The van der Waals surface area contributed by atoms with Gasteiger partial charge in [0.2, 0.25) is 0 Å². The van der Waals surface area contributed by atoms with Gasteiger partial charge in [0.1, 0.15) is 5.75 Å². The first-order valence-corrected chi connectivity index (χ1v) is 6.29. The van der Waals surface area contributed by atoms with Crippen LogP contribution in [-0.4, -0.2) is 5.11 Å². The number of hydrogen-bond donors (Lipinski definition) is 2. The molecule has 0 saturated carbocycles. The van der Waals surface area contributed by atoms with Crippen molar-refractivity contribution in [3.8, 4) is 5.75 Å². The molecular weight excluding hydrogens is 269 g/mol. The first-order valence-electron chi connectivity index (χ1n) is 5.53. The molecule has 0 spiro atoms. The van der Waals surface area contributed by atoms with Crippen molar-refractivity contribution in [3.05, 3.63) is 57.6 Å². The van der Waals surface area contributed by atoms with Gasteiger partial charge in [-0.2, -0.15) is 0 Å². The van der Waals surface area contributed by atoms with E-state index in [1.165, 1.54) is 0 Å². The van der Waals surface area contributed by atoms with Crippen LogP contribution in [0.5, 0.6) is 5.75 Å². The minimum absolute atomic E-state index is 0.227. The smallest absolute Gasteiger partial charge is 0.120 e. The predicted molar refractivity (Wildman–Crippen MR) is 76.6 cm³/mol. The van der Waals surface area contributed by atoms with Crippen LogP contribution >= 0.6 is 23.2 Å². The molecule has 0 aromatic heterocycles. The summed E-state index contributed by atoms with van der Waals surface area (Å²) < 4.78 is 0. The topological polar surface area (TPSA) is 32.3 Å². The molecule has 0 unspecified atom stereocenters. The lowest BCUT2D eigenvalue weighted by Gasteiger charge is -2.09. The van der Waals surface area contributed by atoms with Crippen molar-refractivity contribution in [2.24, 2.45) is 0 Å². The second-order valence-electron chi connectivity index (χ2n) is 4.09. The molecule has 0 saturated heterocycles. The second kappa shape index (κ2) is 5.51. The summed E-state index contributed by atoms with van der Waals surface area (Å²) in [6.07, 6.45) is 0. The van der Waals surface area contributed by atoms with Gasteiger partial charge in [0.15, 0.2) is 0 Å². The van der Waals surface area contributed by atoms with Gasteiger partial charge in [0, 0.05) is 27.8 Å². The van der Waals surface area contributed by atoms with Crippen LogP contribution in [-0.2, 0) is 6.54 Å². The number of rotatable bonds is 3. The summed E-state index contributed by atoms with van der Waals surface area (Å²) in [5, 5.41) is 14.2. The van der Waals surface area contributed by atoms with E-state index in [9.17, 15) is 5.11 Å². The molecule has 4 heteroatoms. The lowest BCUT2D eigenvalue weighted by Crippen LogP contribution is -1.99. The second-order valence-corrected chi connectivity index (χ2v) is 4.93. The van der Waals surface area contributed by atoms with Crippen LogP contribution in [0.4, 0.5) is 5.69 Å². The third kappa shape index (κ3) is 3.09. The van der Waals surface area contributed by atoms with E-state index < -0.39 is 0 Å². The van der Waals surface area contributed by atoms with Crippen LogP contribution in [0.15, 0.2) is 36.4 Å². The van der Waals surface area contributed by atoms with E-state index in [0.717, 1.165) is 21.8 Å². The Labute approximate surface area is 116 Å². The SMILES string of the molecule is Cc1ccc(NCc2cc(Cl)ccc2O)cc1Cl. The highest BCUT2D eigenvalue weighted by Crippen LogP contribution is 2.24. The molecule has 0 aliphatic rings. The highest BCUT2D eigenvalue weighted by molar-refractivity contribution is 6.31. The zero-order valence-corrected chi connectivity index (χ0v) is 11.4. The van der Waals surface area contributed by atoms with Crippen molar-refractivity contribution >= 4 is 28.9 Å². The van der Waals surface area contributed by atoms with Crippen molar-refractivity contribution < 1.29 is 5.11 Å². The molecule has 2 rings (SSSR count). The minimum atomic E-state index is 0.227. The summed E-state index contributed by atoms with van der Waals surface area (Å²) in [5.74, 6) is 0.227. The van der Waals surface area contributed by atoms with Gasteiger partial charge in [0.05, 0.1) is 0 Å². The Kier molecular flexibility index (Phi) is 4.00. The van der Waals surface area contributed by atoms with E-state index in [0.29, 0.717) is 11.6 Å². The predicted octanol–water partition coefficient (Wildman–Crippen LogP) is 4.62. The van der Waals surface area contributed by atoms with Crippen LogP contribution in [0.1, 0.15) is 11.1 Å². The number of nitrogens with one attached hydrogen (secondary N) is 1. The van der Waals surface area contributed by atoms with Gasteiger partial charge in [-0.05, 0) is 42.8 Å². The number of phenolic OH excluding ortho intramolecular Hbond substituents is 1. The lowest BCUT2D eigenvalue weighted by atomic mass is 10.2. The summed E-state index contributed by atoms with van der Waals surface area (Å²) in [4.78, 5) is 0. The Hall–Kier alpha value is -1.38. The molecule has 0 atom stereocenters. The Morgan fingerprint density at radius 3 is 2.61 bits per heavy atom. The zero-order chi connectivity index (χ0) is 13.1. The zero-order valence-electron chi connectivity index (χ0n) is 9.87. The number of phenols is 1. The van der Waals surface area contributed by atoms with Crippen molar-refractivity contribution in [1.29, 1.82) is 0 Å². The third-order valence-corrected chi connectivity index (χ3v) is 3.34. The third-order valence-electron chi connectivity index (χ3n) is 2.70. The molecule has 0 fully saturated rings. The number of anilines is 1. The maximum atomic E-state index is 9.69. The number of aryl methyl sites for hydroxylation is 1. The van der Waals surface area contributed by atoms with Crippen molar-refractivity contribution in [3.63, 3.8) is 0 Å². The fraction of sp³-hybridized carbons (Fsp3) is 0.143. The Morgan fingerprint density at radius 1 is 1.11 bits per heavy atom. The van der Waals surface area contributed by atoms with Gasteiger partial charge in [0.25, 0.3) is 0 Å². The van der Waals surface area contributed by atoms with Gasteiger partial charge < -0.3 is 10.4 Å². The fourth-order valence-electron chi connectivity index (χ4n) is 1.60. The molecular formula is C14H13Cl2NO. The van der Waals surface area contributed by atoms with Gasteiger partial charge in [-0.15, -0.1) is 0 Å². The van der Waals surface area contributed by atoms with Crippen LogP contribution in [0.2, 0.25) is 10.0 Å². The van der Waals surface area contributed by atoms with Crippen LogP contribution < -0.4 is 5.32 Å². The number of aromatic hydroxyl groups is 1. The van der Waals surface area contributed by atoms with Gasteiger partial charge in [-0.3, -0.25) is 0 Å². The summed E-state index contributed by atoms with van der Waals surface area (Å²) in [7, 11) is 0. The van der Waals surface area contributed by atoms with Crippen molar-refractivity contribution in [2.45, 2.75) is 13.5 Å². The molecule has 0 aliphatic carbocycles. The molecule has 0 aliphatic heterocycles. The largest absolute Gasteiger partial charge is 0.508 e. The Bertz CT molecular complexity index is 570. The standard InChI is InChI=1S/C14H13Cl2NO/c1-9-2-4-12(7-13(9)16)17-8-10-6-11(15)3-5-14(10)18/h2-7,17-18H,8H2,1H3. The fourth-order valence-corrected chi connectivity index (χ4v) is 1.97. The summed E-state index contributed by atoms with van der Waals surface area (Å²) >= 11 is 11.9. The van der Waals surface area contributed by atoms with E-state index in [1.807, 2.05) is 25.1 Å². The Morgan fingerprint density at radius 2 is 1.89 bits per heavy atom. The van der Waals surface area contributed by atoms with E-state index in [1.54, 1.807) is 18.2 Å². The molecule has 18 heavy (non-hydrogen) atoms. The van der Waals surface area contributed by atoms with E-state index >= 15 is 0 Å². The van der Waals surface area contributed by atoms with E-state index in [-0.39, 0.29) is 5.75 Å². The summed E-state index contributed by atoms with van der Waals surface area (Å²) in [5.41, 5.74) is 2.69. The van der Waals surface area contributed by atoms with Gasteiger partial charge >= 0.3 is 0 Å². The molecule has 0 bridgehead atoms. The van der Waals surface area contributed by atoms with Gasteiger partial charge in [-0.25, -0.2) is 0 Å². The van der Waals surface area contributed by atoms with Crippen LogP contribution in [0.25, 0.3) is 0 Å². The number of hydrogen-bond acceptors (Lipinski definition) is 2.